The molecule has 0 saturated carbocycles. The lowest BCUT2D eigenvalue weighted by atomic mass is 10.1. The smallest absolute Gasteiger partial charge is 0.310 e. The Morgan fingerprint density at radius 1 is 1.58 bits per heavy atom. The van der Waals surface area contributed by atoms with E-state index < -0.39 is 0 Å². The van der Waals surface area contributed by atoms with Crippen molar-refractivity contribution in [1.82, 2.24) is 4.90 Å². The fraction of sp³-hybridized carbons (Fsp3) is 0.538. The fourth-order valence-corrected chi connectivity index (χ4v) is 3.84. The van der Waals surface area contributed by atoms with Crippen molar-refractivity contribution in [3.8, 4) is 0 Å². The summed E-state index contributed by atoms with van der Waals surface area (Å²) in [6.45, 7) is 1.17. The molecule has 1 aromatic heterocycles. The summed E-state index contributed by atoms with van der Waals surface area (Å²) in [7, 11) is 1.39. The summed E-state index contributed by atoms with van der Waals surface area (Å²) >= 11 is 3.33. The van der Waals surface area contributed by atoms with Crippen LogP contribution in [0.4, 0.5) is 0 Å². The van der Waals surface area contributed by atoms with E-state index in [0.717, 1.165) is 5.75 Å². The quantitative estimate of drug-likeness (QED) is 0.780. The summed E-state index contributed by atoms with van der Waals surface area (Å²) in [5.41, 5.74) is 0. The summed E-state index contributed by atoms with van der Waals surface area (Å²) in [6, 6.07) is 4.09. The Morgan fingerprint density at radius 2 is 2.42 bits per heavy atom. The minimum Gasteiger partial charge on any atom is -0.469 e. The molecule has 19 heavy (non-hydrogen) atoms. The maximum Gasteiger partial charge on any atom is 0.310 e. The van der Waals surface area contributed by atoms with Crippen LogP contribution in [-0.2, 0) is 20.1 Å². The molecule has 0 aliphatic carbocycles. The minimum absolute atomic E-state index is 0.118. The number of esters is 1. The molecule has 104 valence electrons. The van der Waals surface area contributed by atoms with E-state index in [-0.39, 0.29) is 17.8 Å². The Morgan fingerprint density at radius 3 is 3.11 bits per heavy atom. The van der Waals surface area contributed by atoms with Gasteiger partial charge < -0.3 is 9.64 Å². The van der Waals surface area contributed by atoms with Gasteiger partial charge >= 0.3 is 5.97 Å². The van der Waals surface area contributed by atoms with E-state index in [0.29, 0.717) is 25.3 Å². The normalized spacial score (nSPS) is 18.6. The van der Waals surface area contributed by atoms with Crippen LogP contribution in [0, 0.1) is 5.92 Å². The highest BCUT2D eigenvalue weighted by Gasteiger charge is 2.31. The molecule has 1 fully saturated rings. The van der Waals surface area contributed by atoms with Crippen LogP contribution in [0.2, 0.25) is 0 Å². The van der Waals surface area contributed by atoms with Crippen molar-refractivity contribution in [1.29, 1.82) is 0 Å². The minimum atomic E-state index is -0.207. The Balaban J connectivity index is 1.71. The van der Waals surface area contributed by atoms with Crippen molar-refractivity contribution in [3.05, 3.63) is 22.4 Å². The third-order valence-corrected chi connectivity index (χ3v) is 5.15. The van der Waals surface area contributed by atoms with Gasteiger partial charge in [-0.15, -0.1) is 23.1 Å². The second kappa shape index (κ2) is 6.96. The molecule has 0 bridgehead atoms. The number of carbonyl (C=O) groups excluding carboxylic acids is 2. The van der Waals surface area contributed by atoms with Crippen LogP contribution in [0.3, 0.4) is 0 Å². The van der Waals surface area contributed by atoms with Gasteiger partial charge in [-0.2, -0.15) is 0 Å². The van der Waals surface area contributed by atoms with Crippen molar-refractivity contribution < 1.29 is 14.3 Å². The van der Waals surface area contributed by atoms with Crippen molar-refractivity contribution >= 4 is 35.0 Å². The summed E-state index contributed by atoms with van der Waals surface area (Å²) in [5.74, 6) is 1.12. The first-order chi connectivity index (χ1) is 9.20. The number of ether oxygens (including phenoxy) is 1. The summed E-state index contributed by atoms with van der Waals surface area (Å²) in [6.07, 6.45) is 0.716. The van der Waals surface area contributed by atoms with Crippen LogP contribution in [-0.4, -0.2) is 42.7 Å². The van der Waals surface area contributed by atoms with Crippen molar-refractivity contribution in [2.24, 2.45) is 5.92 Å². The second-order valence-electron chi connectivity index (χ2n) is 4.42. The molecule has 0 spiro atoms. The first kappa shape index (κ1) is 14.4. The molecule has 2 rings (SSSR count). The number of thioether (sulfide) groups is 1. The molecule has 0 aromatic carbocycles. The van der Waals surface area contributed by atoms with Crippen LogP contribution in [0.1, 0.15) is 11.3 Å². The number of hydrogen-bond donors (Lipinski definition) is 0. The average Bonchev–Trinajstić information content (AvgIpc) is 3.08. The number of methoxy groups -OCH3 is 1. The zero-order valence-corrected chi connectivity index (χ0v) is 12.5. The standard InChI is InChI=1S/C13H17NO3S2/c1-17-13(16)10-4-5-14(7-10)12(15)9-18-8-11-3-2-6-19-11/h2-3,6,10H,4-5,7-9H2,1H3. The van der Waals surface area contributed by atoms with Crippen molar-refractivity contribution in [2.75, 3.05) is 26.0 Å². The zero-order valence-electron chi connectivity index (χ0n) is 10.8. The highest BCUT2D eigenvalue weighted by atomic mass is 32.2. The lowest BCUT2D eigenvalue weighted by Gasteiger charge is -2.15. The summed E-state index contributed by atoms with van der Waals surface area (Å²) in [4.78, 5) is 26.4. The first-order valence-corrected chi connectivity index (χ1v) is 8.20. The molecular formula is C13H17NO3S2. The number of amides is 1. The van der Waals surface area contributed by atoms with Gasteiger partial charge in [0.15, 0.2) is 0 Å². The zero-order chi connectivity index (χ0) is 13.7. The van der Waals surface area contributed by atoms with Crippen LogP contribution >= 0.6 is 23.1 Å². The van der Waals surface area contributed by atoms with E-state index in [1.54, 1.807) is 28.0 Å². The van der Waals surface area contributed by atoms with E-state index in [1.807, 2.05) is 11.4 Å². The molecule has 2 heterocycles. The molecule has 1 saturated heterocycles. The molecule has 1 amide bonds. The average molecular weight is 299 g/mol. The molecule has 4 nitrogen and oxygen atoms in total. The Kier molecular flexibility index (Phi) is 5.27. The second-order valence-corrected chi connectivity index (χ2v) is 6.44. The van der Waals surface area contributed by atoms with Crippen molar-refractivity contribution in [2.45, 2.75) is 12.2 Å². The number of rotatable bonds is 5. The Hall–Kier alpha value is -1.01. The molecule has 1 aliphatic rings. The number of likely N-dealkylation sites (tertiary alicyclic amines) is 1. The van der Waals surface area contributed by atoms with Crippen LogP contribution in [0.5, 0.6) is 0 Å². The fourth-order valence-electron chi connectivity index (χ4n) is 2.07. The molecule has 6 heteroatoms. The van der Waals surface area contributed by atoms with Gasteiger partial charge in [-0.25, -0.2) is 0 Å². The molecule has 0 N–H and O–H groups in total. The molecule has 1 aliphatic heterocycles. The van der Waals surface area contributed by atoms with E-state index in [2.05, 4.69) is 6.07 Å². The third-order valence-electron chi connectivity index (χ3n) is 3.13. The largest absolute Gasteiger partial charge is 0.469 e. The number of thiophene rings is 1. The molecule has 0 radical (unpaired) electrons. The van der Waals surface area contributed by atoms with Crippen molar-refractivity contribution in [3.63, 3.8) is 0 Å². The van der Waals surface area contributed by atoms with Gasteiger partial charge in [0, 0.05) is 23.7 Å². The molecule has 1 aromatic rings. The molecule has 1 atom stereocenters. The SMILES string of the molecule is COC(=O)C1CCN(C(=O)CSCc2cccs2)C1. The van der Waals surface area contributed by atoms with Gasteiger partial charge in [0.05, 0.1) is 18.8 Å². The van der Waals surface area contributed by atoms with Gasteiger partial charge in [-0.3, -0.25) is 9.59 Å². The van der Waals surface area contributed by atoms with E-state index in [1.165, 1.54) is 12.0 Å². The lowest BCUT2D eigenvalue weighted by molar-refractivity contribution is -0.145. The number of carbonyl (C=O) groups is 2. The van der Waals surface area contributed by atoms with E-state index >= 15 is 0 Å². The molecule has 1 unspecified atom stereocenters. The van der Waals surface area contributed by atoms with Gasteiger partial charge in [0.2, 0.25) is 5.91 Å². The number of nitrogens with zero attached hydrogens (tertiary/aromatic N) is 1. The van der Waals surface area contributed by atoms with Crippen LogP contribution in [0.25, 0.3) is 0 Å². The summed E-state index contributed by atoms with van der Waals surface area (Å²) in [5, 5.41) is 2.04. The highest BCUT2D eigenvalue weighted by Crippen LogP contribution is 2.21. The van der Waals surface area contributed by atoms with E-state index in [4.69, 9.17) is 4.74 Å². The Bertz CT molecular complexity index is 433. The predicted octanol–water partition coefficient (Wildman–Crippen LogP) is 2.00. The predicted molar refractivity (Wildman–Crippen MR) is 77.2 cm³/mol. The monoisotopic (exact) mass is 299 g/mol. The molecular weight excluding hydrogens is 282 g/mol. The van der Waals surface area contributed by atoms with Gasteiger partial charge in [-0.05, 0) is 17.9 Å². The maximum atomic E-state index is 12.0. The van der Waals surface area contributed by atoms with E-state index in [9.17, 15) is 9.59 Å². The maximum absolute atomic E-state index is 12.0. The van der Waals surface area contributed by atoms with Gasteiger partial charge in [-0.1, -0.05) is 6.07 Å². The van der Waals surface area contributed by atoms with Gasteiger partial charge in [0.1, 0.15) is 0 Å². The first-order valence-electron chi connectivity index (χ1n) is 6.16. The summed E-state index contributed by atoms with van der Waals surface area (Å²) < 4.78 is 4.71. The van der Waals surface area contributed by atoms with Crippen LogP contribution in [0.15, 0.2) is 17.5 Å². The van der Waals surface area contributed by atoms with Gasteiger partial charge in [0.25, 0.3) is 0 Å². The lowest BCUT2D eigenvalue weighted by Crippen LogP contribution is -2.31. The topological polar surface area (TPSA) is 46.6 Å². The highest BCUT2D eigenvalue weighted by molar-refractivity contribution is 7.99. The Labute approximate surface area is 121 Å². The third kappa shape index (κ3) is 3.98. The number of hydrogen-bond acceptors (Lipinski definition) is 5. The van der Waals surface area contributed by atoms with Crippen LogP contribution < -0.4 is 0 Å².